The first-order chi connectivity index (χ1) is 8.33. The minimum atomic E-state index is -0.0464. The van der Waals surface area contributed by atoms with E-state index in [0.717, 1.165) is 22.0 Å². The summed E-state index contributed by atoms with van der Waals surface area (Å²) in [4.78, 5) is 12.0. The van der Waals surface area contributed by atoms with Gasteiger partial charge in [-0.1, -0.05) is 24.3 Å². The van der Waals surface area contributed by atoms with Gasteiger partial charge in [-0.05, 0) is 18.2 Å². The van der Waals surface area contributed by atoms with E-state index in [1.54, 1.807) is 7.05 Å². The average molecular weight is 224 g/mol. The van der Waals surface area contributed by atoms with E-state index in [-0.39, 0.29) is 5.91 Å². The van der Waals surface area contributed by atoms with Crippen molar-refractivity contribution in [2.45, 2.75) is 0 Å². The number of carbonyl (C=O) groups is 1. The monoisotopic (exact) mass is 224 g/mol. The Bertz CT molecular complexity index is 659. The molecule has 0 saturated heterocycles. The molecule has 3 heteroatoms. The number of aromatic nitrogens is 1. The van der Waals surface area contributed by atoms with Crippen molar-refractivity contribution < 1.29 is 4.79 Å². The fourth-order valence-electron chi connectivity index (χ4n) is 2.25. The SMILES string of the molecule is CNC(=O)c1c2ccccc2n2ccccc12. The highest BCUT2D eigenvalue weighted by Crippen LogP contribution is 2.26. The van der Waals surface area contributed by atoms with Gasteiger partial charge >= 0.3 is 0 Å². The van der Waals surface area contributed by atoms with Crippen LogP contribution in [0.3, 0.4) is 0 Å². The molecule has 2 heterocycles. The number of hydrogen-bond acceptors (Lipinski definition) is 1. The van der Waals surface area contributed by atoms with Crippen molar-refractivity contribution in [2.24, 2.45) is 0 Å². The topological polar surface area (TPSA) is 33.5 Å². The van der Waals surface area contributed by atoms with Crippen LogP contribution in [0.1, 0.15) is 10.4 Å². The fraction of sp³-hybridized carbons (Fsp3) is 0.0714. The van der Waals surface area contributed by atoms with Crippen molar-refractivity contribution >= 4 is 22.3 Å². The molecule has 0 atom stereocenters. The summed E-state index contributed by atoms with van der Waals surface area (Å²) in [6.45, 7) is 0. The molecule has 3 nitrogen and oxygen atoms in total. The molecule has 0 aliphatic carbocycles. The number of hydrogen-bond donors (Lipinski definition) is 1. The van der Waals surface area contributed by atoms with E-state index < -0.39 is 0 Å². The molecule has 2 aromatic heterocycles. The lowest BCUT2D eigenvalue weighted by molar-refractivity contribution is 0.0966. The van der Waals surface area contributed by atoms with Crippen molar-refractivity contribution in [3.05, 3.63) is 54.2 Å². The first-order valence-electron chi connectivity index (χ1n) is 5.53. The van der Waals surface area contributed by atoms with Crippen molar-refractivity contribution in [3.63, 3.8) is 0 Å². The molecule has 0 aliphatic heterocycles. The molecular formula is C14H12N2O. The molecular weight excluding hydrogens is 212 g/mol. The molecule has 1 N–H and O–H groups in total. The third-order valence-corrected chi connectivity index (χ3v) is 3.00. The zero-order valence-corrected chi connectivity index (χ0v) is 9.47. The fourth-order valence-corrected chi connectivity index (χ4v) is 2.25. The van der Waals surface area contributed by atoms with Crippen molar-refractivity contribution in [2.75, 3.05) is 7.05 Å². The summed E-state index contributed by atoms with van der Waals surface area (Å²) in [5, 5.41) is 3.68. The van der Waals surface area contributed by atoms with Crippen LogP contribution in [0.15, 0.2) is 48.7 Å². The quantitative estimate of drug-likeness (QED) is 0.676. The minimum absolute atomic E-state index is 0.0464. The van der Waals surface area contributed by atoms with E-state index in [0.29, 0.717) is 0 Å². The third kappa shape index (κ3) is 1.32. The second-order valence-corrected chi connectivity index (χ2v) is 3.93. The summed E-state index contributed by atoms with van der Waals surface area (Å²) in [7, 11) is 1.66. The second kappa shape index (κ2) is 3.63. The number of amides is 1. The number of rotatable bonds is 1. The Morgan fingerprint density at radius 2 is 1.76 bits per heavy atom. The van der Waals surface area contributed by atoms with Gasteiger partial charge in [0.05, 0.1) is 16.6 Å². The van der Waals surface area contributed by atoms with Gasteiger partial charge in [0.15, 0.2) is 0 Å². The Hall–Kier alpha value is -2.29. The summed E-state index contributed by atoms with van der Waals surface area (Å²) in [5.74, 6) is -0.0464. The maximum Gasteiger partial charge on any atom is 0.253 e. The molecule has 0 radical (unpaired) electrons. The van der Waals surface area contributed by atoms with E-state index in [9.17, 15) is 4.79 Å². The number of pyridine rings is 1. The molecule has 0 aliphatic rings. The standard InChI is InChI=1S/C14H12N2O/c1-15-14(17)13-10-6-2-3-7-11(10)16-9-5-4-8-12(13)16/h2-9H,1H3,(H,15,17). The van der Waals surface area contributed by atoms with Gasteiger partial charge in [-0.3, -0.25) is 4.79 Å². The first-order valence-corrected chi connectivity index (χ1v) is 5.53. The molecule has 17 heavy (non-hydrogen) atoms. The molecule has 0 unspecified atom stereocenters. The molecule has 0 fully saturated rings. The van der Waals surface area contributed by atoms with E-state index in [1.165, 1.54) is 0 Å². The second-order valence-electron chi connectivity index (χ2n) is 3.93. The van der Waals surface area contributed by atoms with E-state index in [1.807, 2.05) is 53.1 Å². The number of benzene rings is 1. The van der Waals surface area contributed by atoms with E-state index in [4.69, 9.17) is 0 Å². The molecule has 3 aromatic rings. The predicted molar refractivity (Wildman–Crippen MR) is 68.3 cm³/mol. The van der Waals surface area contributed by atoms with Crippen LogP contribution >= 0.6 is 0 Å². The summed E-state index contributed by atoms with van der Waals surface area (Å²) < 4.78 is 2.04. The van der Waals surface area contributed by atoms with E-state index >= 15 is 0 Å². The number of nitrogens with one attached hydrogen (secondary N) is 1. The Morgan fingerprint density at radius 1 is 1.06 bits per heavy atom. The molecule has 3 rings (SSSR count). The first kappa shape index (κ1) is 9.90. The normalized spacial score (nSPS) is 10.9. The van der Waals surface area contributed by atoms with Crippen LogP contribution in [0.5, 0.6) is 0 Å². The molecule has 84 valence electrons. The maximum atomic E-state index is 12.0. The zero-order chi connectivity index (χ0) is 11.8. The highest BCUT2D eigenvalue weighted by molar-refractivity contribution is 6.13. The molecule has 0 saturated carbocycles. The van der Waals surface area contributed by atoms with Gasteiger partial charge in [0, 0.05) is 18.6 Å². The van der Waals surface area contributed by atoms with Crippen molar-refractivity contribution in [3.8, 4) is 0 Å². The van der Waals surface area contributed by atoms with Gasteiger partial charge in [-0.15, -0.1) is 0 Å². The van der Waals surface area contributed by atoms with Crippen molar-refractivity contribution in [1.29, 1.82) is 0 Å². The lowest BCUT2D eigenvalue weighted by atomic mass is 10.1. The lowest BCUT2D eigenvalue weighted by Gasteiger charge is -1.98. The number of para-hydroxylation sites is 1. The highest BCUT2D eigenvalue weighted by atomic mass is 16.1. The van der Waals surface area contributed by atoms with Gasteiger partial charge in [-0.2, -0.15) is 0 Å². The summed E-state index contributed by atoms with van der Waals surface area (Å²) >= 11 is 0. The number of fused-ring (bicyclic) bond motifs is 3. The maximum absolute atomic E-state index is 12.0. The summed E-state index contributed by atoms with van der Waals surface area (Å²) in [5.41, 5.74) is 2.73. The number of carbonyl (C=O) groups excluding carboxylic acids is 1. The Morgan fingerprint density at radius 3 is 2.59 bits per heavy atom. The van der Waals surface area contributed by atoms with Gasteiger partial charge < -0.3 is 9.72 Å². The molecule has 1 amide bonds. The summed E-state index contributed by atoms with van der Waals surface area (Å²) in [6.07, 6.45) is 1.98. The minimum Gasteiger partial charge on any atom is -0.355 e. The van der Waals surface area contributed by atoms with Crippen LogP contribution < -0.4 is 5.32 Å². The van der Waals surface area contributed by atoms with Gasteiger partial charge in [-0.25, -0.2) is 0 Å². The zero-order valence-electron chi connectivity index (χ0n) is 9.47. The van der Waals surface area contributed by atoms with Crippen LogP contribution in [0.2, 0.25) is 0 Å². The Balaban J connectivity index is 2.54. The largest absolute Gasteiger partial charge is 0.355 e. The predicted octanol–water partition coefficient (Wildman–Crippen LogP) is 2.45. The Kier molecular flexibility index (Phi) is 2.11. The van der Waals surface area contributed by atoms with Crippen LogP contribution in [0.4, 0.5) is 0 Å². The van der Waals surface area contributed by atoms with Gasteiger partial charge in [0.2, 0.25) is 0 Å². The highest BCUT2D eigenvalue weighted by Gasteiger charge is 2.15. The molecule has 0 spiro atoms. The van der Waals surface area contributed by atoms with Crippen molar-refractivity contribution in [1.82, 2.24) is 9.72 Å². The third-order valence-electron chi connectivity index (χ3n) is 3.00. The smallest absolute Gasteiger partial charge is 0.253 e. The van der Waals surface area contributed by atoms with Crippen LogP contribution in [0, 0.1) is 0 Å². The number of nitrogens with zero attached hydrogens (tertiary/aromatic N) is 1. The lowest BCUT2D eigenvalue weighted by Crippen LogP contribution is -2.17. The van der Waals surface area contributed by atoms with E-state index in [2.05, 4.69) is 5.32 Å². The van der Waals surface area contributed by atoms with Crippen LogP contribution in [-0.4, -0.2) is 17.4 Å². The average Bonchev–Trinajstić information content (AvgIpc) is 2.72. The molecule has 0 bridgehead atoms. The van der Waals surface area contributed by atoms with Gasteiger partial charge in [0.25, 0.3) is 5.91 Å². The molecule has 1 aromatic carbocycles. The van der Waals surface area contributed by atoms with Crippen LogP contribution in [-0.2, 0) is 0 Å². The van der Waals surface area contributed by atoms with Crippen LogP contribution in [0.25, 0.3) is 16.4 Å². The van der Waals surface area contributed by atoms with Gasteiger partial charge in [0.1, 0.15) is 0 Å². The summed E-state index contributed by atoms with van der Waals surface area (Å²) in [6, 6.07) is 13.8. The Labute approximate surface area is 98.7 Å².